The first kappa shape index (κ1) is 11.0. The Labute approximate surface area is 78.3 Å². The van der Waals surface area contributed by atoms with E-state index < -0.39 is 12.3 Å². The molecule has 4 nitrogen and oxygen atoms in total. The van der Waals surface area contributed by atoms with Gasteiger partial charge in [0, 0.05) is 6.54 Å². The van der Waals surface area contributed by atoms with Gasteiger partial charge in [-0.15, -0.1) is 5.10 Å². The topological polar surface area (TPSA) is 50.9 Å². The monoisotopic (exact) mass is 209 g/mol. The quantitative estimate of drug-likeness (QED) is 0.815. The van der Waals surface area contributed by atoms with Gasteiger partial charge in [0.15, 0.2) is 6.10 Å². The van der Waals surface area contributed by atoms with Crippen molar-refractivity contribution in [3.63, 3.8) is 0 Å². The summed E-state index contributed by atoms with van der Waals surface area (Å²) in [6.45, 7) is 2.11. The average molecular weight is 209 g/mol. The van der Waals surface area contributed by atoms with Gasteiger partial charge in [-0.1, -0.05) is 12.1 Å². The Morgan fingerprint density at radius 1 is 1.57 bits per heavy atom. The highest BCUT2D eigenvalue weighted by molar-refractivity contribution is 5.01. The summed E-state index contributed by atoms with van der Waals surface area (Å²) in [5, 5.41) is 15.7. The third kappa shape index (κ3) is 2.22. The van der Waals surface area contributed by atoms with Crippen molar-refractivity contribution in [2.75, 3.05) is 0 Å². The third-order valence-corrected chi connectivity index (χ3v) is 1.67. The molecule has 1 heterocycles. The fraction of sp³-hybridized carbons (Fsp3) is 0.714. The number of hydrogen-bond donors (Lipinski definition) is 1. The molecule has 80 valence electrons. The van der Waals surface area contributed by atoms with E-state index in [0.717, 1.165) is 10.9 Å². The van der Waals surface area contributed by atoms with Crippen LogP contribution >= 0.6 is 0 Å². The van der Waals surface area contributed by atoms with Crippen molar-refractivity contribution in [1.29, 1.82) is 0 Å². The fourth-order valence-electron chi connectivity index (χ4n) is 1.03. The number of rotatable bonds is 3. The maximum Gasteiger partial charge on any atom is 0.420 e. The molecule has 1 atom stereocenters. The molecule has 0 bridgehead atoms. The second-order valence-corrected chi connectivity index (χ2v) is 2.83. The van der Waals surface area contributed by atoms with E-state index in [0.29, 0.717) is 13.0 Å². The van der Waals surface area contributed by atoms with Gasteiger partial charge in [-0.2, -0.15) is 13.2 Å². The van der Waals surface area contributed by atoms with Crippen LogP contribution in [0.1, 0.15) is 25.1 Å². The Kier molecular flexibility index (Phi) is 3.10. The van der Waals surface area contributed by atoms with Crippen LogP contribution in [0.5, 0.6) is 0 Å². The molecule has 0 fully saturated rings. The van der Waals surface area contributed by atoms with E-state index >= 15 is 0 Å². The summed E-state index contributed by atoms with van der Waals surface area (Å²) < 4.78 is 37.4. The Balaban J connectivity index is 2.89. The predicted molar refractivity (Wildman–Crippen MR) is 41.3 cm³/mol. The Morgan fingerprint density at radius 2 is 2.21 bits per heavy atom. The maximum atomic E-state index is 12.1. The first-order valence-electron chi connectivity index (χ1n) is 4.10. The number of halogens is 3. The molecule has 0 radical (unpaired) electrons. The second-order valence-electron chi connectivity index (χ2n) is 2.83. The van der Waals surface area contributed by atoms with Crippen molar-refractivity contribution in [3.8, 4) is 0 Å². The van der Waals surface area contributed by atoms with E-state index in [4.69, 9.17) is 5.11 Å². The molecular formula is C7H10F3N3O. The van der Waals surface area contributed by atoms with Crippen LogP contribution < -0.4 is 0 Å². The minimum atomic E-state index is -4.67. The predicted octanol–water partition coefficient (Wildman–Crippen LogP) is 1.28. The van der Waals surface area contributed by atoms with Crippen LogP contribution in [0.4, 0.5) is 13.2 Å². The molecule has 0 amide bonds. The number of aliphatic hydroxyl groups excluding tert-OH is 1. The standard InChI is InChI=1S/C7H10F3N3O/c1-2-3-13-5(4-11-12-13)6(14)7(8,9)10/h4,6,14H,2-3H2,1H3/t6-/m1/s1. The molecule has 7 heteroatoms. The molecule has 0 saturated carbocycles. The lowest BCUT2D eigenvalue weighted by Crippen LogP contribution is -2.23. The van der Waals surface area contributed by atoms with E-state index in [1.807, 2.05) is 0 Å². The van der Waals surface area contributed by atoms with Crippen molar-refractivity contribution < 1.29 is 18.3 Å². The number of alkyl halides is 3. The highest BCUT2D eigenvalue weighted by Gasteiger charge is 2.41. The Morgan fingerprint density at radius 3 is 2.71 bits per heavy atom. The van der Waals surface area contributed by atoms with Crippen LogP contribution in [0, 0.1) is 0 Å². The molecule has 0 unspecified atom stereocenters. The molecule has 14 heavy (non-hydrogen) atoms. The van der Waals surface area contributed by atoms with Crippen molar-refractivity contribution in [2.45, 2.75) is 32.2 Å². The van der Waals surface area contributed by atoms with Gasteiger partial charge in [0.25, 0.3) is 0 Å². The first-order chi connectivity index (χ1) is 6.46. The fourth-order valence-corrected chi connectivity index (χ4v) is 1.03. The number of aromatic nitrogens is 3. The summed E-state index contributed by atoms with van der Waals surface area (Å²) in [5.74, 6) is 0. The van der Waals surface area contributed by atoms with Crippen molar-refractivity contribution >= 4 is 0 Å². The number of nitrogens with zero attached hydrogens (tertiary/aromatic N) is 3. The van der Waals surface area contributed by atoms with Gasteiger partial charge in [0.2, 0.25) is 0 Å². The van der Waals surface area contributed by atoms with Crippen molar-refractivity contribution in [1.82, 2.24) is 15.0 Å². The zero-order valence-electron chi connectivity index (χ0n) is 7.49. The number of aliphatic hydroxyl groups is 1. The van der Waals surface area contributed by atoms with Gasteiger partial charge in [0.1, 0.15) is 0 Å². The van der Waals surface area contributed by atoms with Gasteiger partial charge >= 0.3 is 6.18 Å². The SMILES string of the molecule is CCCn1nncc1[C@@H](O)C(F)(F)F. The van der Waals surface area contributed by atoms with Gasteiger partial charge in [0.05, 0.1) is 11.9 Å². The summed E-state index contributed by atoms with van der Waals surface area (Å²) in [5.41, 5.74) is -0.320. The normalized spacial score (nSPS) is 14.4. The van der Waals surface area contributed by atoms with Crippen LogP contribution in [0.2, 0.25) is 0 Å². The number of hydrogen-bond acceptors (Lipinski definition) is 3. The molecule has 0 aliphatic rings. The molecule has 0 aliphatic carbocycles. The van der Waals surface area contributed by atoms with Crippen LogP contribution in [0.15, 0.2) is 6.20 Å². The molecule has 0 saturated heterocycles. The van der Waals surface area contributed by atoms with E-state index in [1.165, 1.54) is 0 Å². The first-order valence-corrected chi connectivity index (χ1v) is 4.10. The molecule has 1 aromatic heterocycles. The van der Waals surface area contributed by atoms with Gasteiger partial charge in [-0.05, 0) is 6.42 Å². The van der Waals surface area contributed by atoms with Gasteiger partial charge in [-0.3, -0.25) is 0 Å². The van der Waals surface area contributed by atoms with E-state index in [-0.39, 0.29) is 5.69 Å². The molecular weight excluding hydrogens is 199 g/mol. The molecule has 0 aromatic carbocycles. The smallest absolute Gasteiger partial charge is 0.378 e. The Bertz CT molecular complexity index is 297. The lowest BCUT2D eigenvalue weighted by molar-refractivity contribution is -0.208. The van der Waals surface area contributed by atoms with Gasteiger partial charge in [-0.25, -0.2) is 4.68 Å². The Hall–Kier alpha value is -1.11. The summed E-state index contributed by atoms with van der Waals surface area (Å²) >= 11 is 0. The molecule has 1 rings (SSSR count). The van der Waals surface area contributed by atoms with E-state index in [2.05, 4.69) is 10.3 Å². The second kappa shape index (κ2) is 3.95. The summed E-state index contributed by atoms with van der Waals surface area (Å²) in [6, 6.07) is 0. The zero-order chi connectivity index (χ0) is 10.8. The molecule has 1 N–H and O–H groups in total. The summed E-state index contributed by atoms with van der Waals surface area (Å²) in [7, 11) is 0. The average Bonchev–Trinajstić information content (AvgIpc) is 2.50. The molecule has 0 spiro atoms. The molecule has 0 aliphatic heterocycles. The highest BCUT2D eigenvalue weighted by atomic mass is 19.4. The van der Waals surface area contributed by atoms with Crippen molar-refractivity contribution in [3.05, 3.63) is 11.9 Å². The number of aryl methyl sites for hydroxylation is 1. The van der Waals surface area contributed by atoms with Gasteiger partial charge < -0.3 is 5.11 Å². The lowest BCUT2D eigenvalue weighted by atomic mass is 10.2. The summed E-state index contributed by atoms with van der Waals surface area (Å²) in [6.07, 6.45) is -5.63. The van der Waals surface area contributed by atoms with Crippen LogP contribution in [0.25, 0.3) is 0 Å². The summed E-state index contributed by atoms with van der Waals surface area (Å²) in [4.78, 5) is 0. The largest absolute Gasteiger partial charge is 0.420 e. The van der Waals surface area contributed by atoms with E-state index in [1.54, 1.807) is 6.92 Å². The highest BCUT2D eigenvalue weighted by Crippen LogP contribution is 2.31. The minimum Gasteiger partial charge on any atom is -0.378 e. The third-order valence-electron chi connectivity index (χ3n) is 1.67. The zero-order valence-corrected chi connectivity index (χ0v) is 7.49. The van der Waals surface area contributed by atoms with Crippen LogP contribution in [0.3, 0.4) is 0 Å². The maximum absolute atomic E-state index is 12.1. The van der Waals surface area contributed by atoms with Crippen LogP contribution in [-0.2, 0) is 6.54 Å². The molecule has 1 aromatic rings. The van der Waals surface area contributed by atoms with Crippen molar-refractivity contribution in [2.24, 2.45) is 0 Å². The minimum absolute atomic E-state index is 0.308. The van der Waals surface area contributed by atoms with E-state index in [9.17, 15) is 13.2 Å². The van der Waals surface area contributed by atoms with Crippen LogP contribution in [-0.4, -0.2) is 26.3 Å². The lowest BCUT2D eigenvalue weighted by Gasteiger charge is -2.14.